The number of amides is 1. The van der Waals surface area contributed by atoms with Crippen LogP contribution in [0.5, 0.6) is 0 Å². The largest absolute Gasteiger partial charge is 0.338 e. The molecule has 1 aromatic heterocycles. The number of carbonyl (C=O) groups is 1. The first-order valence-corrected chi connectivity index (χ1v) is 10.0. The molecule has 128 valence electrons. The van der Waals surface area contributed by atoms with E-state index >= 15 is 0 Å². The first-order valence-electron chi connectivity index (χ1n) is 8.18. The maximum Gasteiger partial charge on any atom is 0.227 e. The molecule has 0 N–H and O–H groups in total. The molecule has 2 aliphatic rings. The van der Waals surface area contributed by atoms with Gasteiger partial charge in [-0.1, -0.05) is 0 Å². The zero-order chi connectivity index (χ0) is 16.4. The Hall–Kier alpha value is -1.41. The smallest absolute Gasteiger partial charge is 0.227 e. The standard InChI is InChI=1S/C15H24N4O3S/c1-23(21,22)18-9-2-5-13(11-18)15(20)19-10-3-6-14(19)12-17-8-4-7-16-17/h4,7-8,13-14H,2-3,5-6,9-12H2,1H3. The second-order valence-corrected chi connectivity index (χ2v) is 8.50. The number of hydrogen-bond acceptors (Lipinski definition) is 4. The molecule has 1 aromatic rings. The van der Waals surface area contributed by atoms with E-state index in [1.54, 1.807) is 6.20 Å². The highest BCUT2D eigenvalue weighted by Crippen LogP contribution is 2.26. The minimum atomic E-state index is -3.22. The zero-order valence-corrected chi connectivity index (χ0v) is 14.3. The second kappa shape index (κ2) is 6.60. The van der Waals surface area contributed by atoms with Gasteiger partial charge in [-0.3, -0.25) is 9.48 Å². The molecule has 0 radical (unpaired) electrons. The first kappa shape index (κ1) is 16.4. The highest BCUT2D eigenvalue weighted by atomic mass is 32.2. The predicted octanol–water partition coefficient (Wildman–Crippen LogP) is 0.546. The van der Waals surface area contributed by atoms with E-state index in [1.807, 2.05) is 21.8 Å². The molecule has 0 bridgehead atoms. The molecule has 2 aliphatic heterocycles. The minimum absolute atomic E-state index is 0.105. The normalized spacial score (nSPS) is 26.6. The Labute approximate surface area is 137 Å². The van der Waals surface area contributed by atoms with Gasteiger partial charge in [0.25, 0.3) is 0 Å². The molecule has 8 heteroatoms. The van der Waals surface area contributed by atoms with Crippen LogP contribution >= 0.6 is 0 Å². The van der Waals surface area contributed by atoms with Crippen LogP contribution in [0, 0.1) is 5.92 Å². The van der Waals surface area contributed by atoms with Crippen LogP contribution in [0.2, 0.25) is 0 Å². The highest BCUT2D eigenvalue weighted by Gasteiger charge is 2.36. The fraction of sp³-hybridized carbons (Fsp3) is 0.733. The van der Waals surface area contributed by atoms with Crippen molar-refractivity contribution in [1.29, 1.82) is 0 Å². The van der Waals surface area contributed by atoms with Gasteiger partial charge >= 0.3 is 0 Å². The average molecular weight is 340 g/mol. The third-order valence-corrected chi connectivity index (χ3v) is 6.09. The molecule has 0 saturated carbocycles. The summed E-state index contributed by atoms with van der Waals surface area (Å²) in [6.07, 6.45) is 8.38. The lowest BCUT2D eigenvalue weighted by molar-refractivity contribution is -0.137. The van der Waals surface area contributed by atoms with Gasteiger partial charge in [-0.25, -0.2) is 12.7 Å². The summed E-state index contributed by atoms with van der Waals surface area (Å²) < 4.78 is 26.8. The summed E-state index contributed by atoms with van der Waals surface area (Å²) in [6.45, 7) is 2.32. The van der Waals surface area contributed by atoms with Gasteiger partial charge in [0.2, 0.25) is 15.9 Å². The lowest BCUT2D eigenvalue weighted by Gasteiger charge is -2.34. The predicted molar refractivity (Wildman–Crippen MR) is 86.1 cm³/mol. The van der Waals surface area contributed by atoms with Gasteiger partial charge in [0.05, 0.1) is 24.8 Å². The van der Waals surface area contributed by atoms with E-state index in [9.17, 15) is 13.2 Å². The Balaban J connectivity index is 1.66. The highest BCUT2D eigenvalue weighted by molar-refractivity contribution is 7.88. The van der Waals surface area contributed by atoms with Gasteiger partial charge in [0, 0.05) is 32.0 Å². The van der Waals surface area contributed by atoms with Gasteiger partial charge in [0.1, 0.15) is 0 Å². The minimum Gasteiger partial charge on any atom is -0.338 e. The molecule has 2 atom stereocenters. The molecular weight excluding hydrogens is 316 g/mol. The third kappa shape index (κ3) is 3.74. The number of sulfonamides is 1. The summed E-state index contributed by atoms with van der Waals surface area (Å²) in [5.74, 6) is -0.107. The lowest BCUT2D eigenvalue weighted by Crippen LogP contribution is -2.48. The number of likely N-dealkylation sites (tertiary alicyclic amines) is 1. The van der Waals surface area contributed by atoms with Crippen molar-refractivity contribution >= 4 is 15.9 Å². The number of rotatable bonds is 4. The fourth-order valence-electron chi connectivity index (χ4n) is 3.62. The van der Waals surface area contributed by atoms with Gasteiger partial charge in [-0.05, 0) is 31.7 Å². The van der Waals surface area contributed by atoms with Crippen LogP contribution in [0.1, 0.15) is 25.7 Å². The van der Waals surface area contributed by atoms with Crippen LogP contribution in [-0.4, -0.2) is 65.2 Å². The SMILES string of the molecule is CS(=O)(=O)N1CCCC(C(=O)N2CCCC2Cn2cccn2)C1. The van der Waals surface area contributed by atoms with Crippen molar-refractivity contribution < 1.29 is 13.2 Å². The third-order valence-electron chi connectivity index (χ3n) is 4.82. The van der Waals surface area contributed by atoms with Crippen LogP contribution in [0.3, 0.4) is 0 Å². The van der Waals surface area contributed by atoms with E-state index in [2.05, 4.69) is 5.10 Å². The van der Waals surface area contributed by atoms with E-state index in [0.29, 0.717) is 19.6 Å². The number of aromatic nitrogens is 2. The molecule has 0 aliphatic carbocycles. The van der Waals surface area contributed by atoms with Crippen LogP contribution in [0.25, 0.3) is 0 Å². The maximum absolute atomic E-state index is 12.9. The lowest BCUT2D eigenvalue weighted by atomic mass is 9.97. The molecule has 2 saturated heterocycles. The topological polar surface area (TPSA) is 75.5 Å². The van der Waals surface area contributed by atoms with E-state index in [-0.39, 0.29) is 17.9 Å². The number of carbonyl (C=O) groups excluding carboxylic acids is 1. The van der Waals surface area contributed by atoms with Crippen molar-refractivity contribution in [2.45, 2.75) is 38.3 Å². The molecular formula is C15H24N4O3S. The van der Waals surface area contributed by atoms with Crippen LogP contribution in [0.15, 0.2) is 18.5 Å². The molecule has 7 nitrogen and oxygen atoms in total. The van der Waals surface area contributed by atoms with Crippen molar-refractivity contribution in [3.05, 3.63) is 18.5 Å². The summed E-state index contributed by atoms with van der Waals surface area (Å²) in [4.78, 5) is 14.8. The zero-order valence-electron chi connectivity index (χ0n) is 13.5. The van der Waals surface area contributed by atoms with Gasteiger partial charge in [-0.15, -0.1) is 0 Å². The Morgan fingerprint density at radius 1 is 1.26 bits per heavy atom. The average Bonchev–Trinajstić information content (AvgIpc) is 3.18. The molecule has 1 amide bonds. The van der Waals surface area contributed by atoms with Crippen molar-refractivity contribution in [3.63, 3.8) is 0 Å². The van der Waals surface area contributed by atoms with Gasteiger partial charge < -0.3 is 4.90 Å². The van der Waals surface area contributed by atoms with Crippen molar-refractivity contribution in [2.75, 3.05) is 25.9 Å². The first-order chi connectivity index (χ1) is 10.9. The Morgan fingerprint density at radius 2 is 2.04 bits per heavy atom. The van der Waals surface area contributed by atoms with E-state index in [0.717, 1.165) is 32.2 Å². The van der Waals surface area contributed by atoms with Crippen molar-refractivity contribution in [3.8, 4) is 0 Å². The second-order valence-electron chi connectivity index (χ2n) is 6.52. The molecule has 0 aromatic carbocycles. The number of nitrogens with zero attached hydrogens (tertiary/aromatic N) is 4. The molecule has 2 fully saturated rings. The maximum atomic E-state index is 12.9. The van der Waals surface area contributed by atoms with Crippen LogP contribution in [0.4, 0.5) is 0 Å². The summed E-state index contributed by atoms with van der Waals surface area (Å²) in [5.41, 5.74) is 0. The summed E-state index contributed by atoms with van der Waals surface area (Å²) in [5, 5.41) is 4.22. The molecule has 3 heterocycles. The van der Waals surface area contributed by atoms with Crippen LogP contribution < -0.4 is 0 Å². The Morgan fingerprint density at radius 3 is 2.74 bits per heavy atom. The quantitative estimate of drug-likeness (QED) is 0.802. The number of hydrogen-bond donors (Lipinski definition) is 0. The monoisotopic (exact) mass is 340 g/mol. The fourth-order valence-corrected chi connectivity index (χ4v) is 4.53. The van der Waals surface area contributed by atoms with Crippen molar-refractivity contribution in [1.82, 2.24) is 19.0 Å². The summed E-state index contributed by atoms with van der Waals surface area (Å²) >= 11 is 0. The summed E-state index contributed by atoms with van der Waals surface area (Å²) in [6, 6.07) is 2.04. The Bertz CT molecular complexity index is 644. The van der Waals surface area contributed by atoms with Gasteiger partial charge in [0.15, 0.2) is 0 Å². The molecule has 3 rings (SSSR count). The van der Waals surface area contributed by atoms with E-state index < -0.39 is 10.0 Å². The molecule has 23 heavy (non-hydrogen) atoms. The number of piperidine rings is 1. The Kier molecular flexibility index (Phi) is 4.72. The van der Waals surface area contributed by atoms with Gasteiger partial charge in [-0.2, -0.15) is 5.10 Å². The van der Waals surface area contributed by atoms with E-state index in [4.69, 9.17) is 0 Å². The van der Waals surface area contributed by atoms with Crippen LogP contribution in [-0.2, 0) is 21.4 Å². The van der Waals surface area contributed by atoms with E-state index in [1.165, 1.54) is 10.6 Å². The van der Waals surface area contributed by atoms with Crippen molar-refractivity contribution in [2.24, 2.45) is 5.92 Å². The molecule has 2 unspecified atom stereocenters. The molecule has 0 spiro atoms. The summed E-state index contributed by atoms with van der Waals surface area (Å²) in [7, 11) is -3.22.